The minimum atomic E-state index is -0.498. The van der Waals surface area contributed by atoms with Crippen LogP contribution >= 0.6 is 46.3 Å². The van der Waals surface area contributed by atoms with Gasteiger partial charge in [-0.3, -0.25) is 24.1 Å². The summed E-state index contributed by atoms with van der Waals surface area (Å²) in [6, 6.07) is 16.7. The fraction of sp³-hybridized carbons (Fsp3) is 0.342. The number of ether oxygens (including phenoxy) is 3. The normalized spacial score (nSPS) is 25.1. The Kier molecular flexibility index (Phi) is 9.54. The molecule has 11 nitrogen and oxygen atoms in total. The number of hydrogen-bond acceptors (Lipinski definition) is 10. The van der Waals surface area contributed by atoms with Crippen molar-refractivity contribution in [1.29, 1.82) is 0 Å². The molecule has 2 aliphatic heterocycles. The van der Waals surface area contributed by atoms with E-state index in [4.69, 9.17) is 37.4 Å². The number of thioether (sulfide) groups is 1. The van der Waals surface area contributed by atoms with Gasteiger partial charge in [-0.2, -0.15) is 0 Å². The maximum Gasteiger partial charge on any atom is 0.338 e. The van der Waals surface area contributed by atoms with Gasteiger partial charge >= 0.3 is 10.8 Å². The maximum absolute atomic E-state index is 14.2. The predicted molar refractivity (Wildman–Crippen MR) is 202 cm³/mol. The van der Waals surface area contributed by atoms with Crippen LogP contribution in [-0.2, 0) is 19.1 Å². The number of imide groups is 1. The van der Waals surface area contributed by atoms with Crippen LogP contribution in [0.2, 0.25) is 10.0 Å². The lowest BCUT2D eigenvalue weighted by Crippen LogP contribution is -2.42. The zero-order valence-corrected chi connectivity index (χ0v) is 31.6. The summed E-state index contributed by atoms with van der Waals surface area (Å²) in [6.07, 6.45) is 0.730. The van der Waals surface area contributed by atoms with E-state index in [9.17, 15) is 24.0 Å². The Morgan fingerprint density at radius 3 is 2.36 bits per heavy atom. The second kappa shape index (κ2) is 14.2. The summed E-state index contributed by atoms with van der Waals surface area (Å²) in [7, 11) is 0. The number of hydrogen-bond donors (Lipinski definition) is 2. The number of carbonyl (C=O) groups is 4. The topological polar surface area (TPSA) is 144 Å². The van der Waals surface area contributed by atoms with E-state index in [0.717, 1.165) is 21.9 Å². The fourth-order valence-electron chi connectivity index (χ4n) is 8.63. The molecule has 0 spiro atoms. The van der Waals surface area contributed by atoms with Gasteiger partial charge in [0.05, 0.1) is 51.4 Å². The van der Waals surface area contributed by atoms with Crippen LogP contribution in [0, 0.1) is 29.6 Å². The second-order valence-electron chi connectivity index (χ2n) is 13.3. The molecule has 2 aliphatic carbocycles. The number of nitrogens with one attached hydrogen (secondary N) is 2. The number of nitrogens with zero attached hydrogens (tertiary/aromatic N) is 1. The number of rotatable bonds is 10. The van der Waals surface area contributed by atoms with Gasteiger partial charge in [-0.15, -0.1) is 11.8 Å². The number of benzene rings is 3. The summed E-state index contributed by atoms with van der Waals surface area (Å²) in [5.74, 6) is -1.93. The molecule has 1 aromatic heterocycles. The minimum absolute atomic E-state index is 0.0107. The molecule has 2 saturated carbocycles. The average molecular weight is 795 g/mol. The van der Waals surface area contributed by atoms with E-state index in [1.807, 2.05) is 19.1 Å². The van der Waals surface area contributed by atoms with E-state index >= 15 is 0 Å². The van der Waals surface area contributed by atoms with Gasteiger partial charge in [-0.1, -0.05) is 40.6 Å². The number of carbonyl (C=O) groups excluding carboxylic acids is 4. The molecular formula is C38H33Cl2N3O8S2. The number of esters is 1. The summed E-state index contributed by atoms with van der Waals surface area (Å²) < 4.78 is 17.0. The van der Waals surface area contributed by atoms with Crippen LogP contribution < -0.4 is 24.6 Å². The van der Waals surface area contributed by atoms with E-state index < -0.39 is 23.7 Å². The third kappa shape index (κ3) is 6.21. The first-order chi connectivity index (χ1) is 25.6. The van der Waals surface area contributed by atoms with Crippen molar-refractivity contribution in [3.05, 3.63) is 96.4 Å². The van der Waals surface area contributed by atoms with Gasteiger partial charge in [-0.05, 0) is 98.2 Å². The highest BCUT2D eigenvalue weighted by Gasteiger charge is 2.69. The van der Waals surface area contributed by atoms with E-state index in [1.165, 1.54) is 16.2 Å². The number of aromatic nitrogens is 1. The zero-order valence-electron chi connectivity index (χ0n) is 28.4. The molecule has 274 valence electrons. The fourth-order valence-corrected chi connectivity index (χ4v) is 11.8. The Bertz CT molecular complexity index is 2210. The molecule has 3 amide bonds. The van der Waals surface area contributed by atoms with Gasteiger partial charge in [0.1, 0.15) is 0 Å². The highest BCUT2D eigenvalue weighted by atomic mass is 35.5. The third-order valence-corrected chi connectivity index (χ3v) is 13.9. The minimum Gasteiger partial charge on any atom is -0.490 e. The van der Waals surface area contributed by atoms with E-state index in [-0.39, 0.29) is 58.8 Å². The van der Waals surface area contributed by atoms with Crippen LogP contribution in [-0.4, -0.2) is 53.7 Å². The molecule has 4 aliphatic rings. The summed E-state index contributed by atoms with van der Waals surface area (Å²) >= 11 is 14.9. The lowest BCUT2D eigenvalue weighted by Gasteiger charge is -2.43. The quantitative estimate of drug-likeness (QED) is 0.128. The molecule has 3 fully saturated rings. The first-order valence-corrected chi connectivity index (χ1v) is 19.7. The summed E-state index contributed by atoms with van der Waals surface area (Å²) in [5.41, 5.74) is 2.14. The van der Waals surface area contributed by atoms with Crippen molar-refractivity contribution in [3.63, 3.8) is 0 Å². The lowest BCUT2D eigenvalue weighted by atomic mass is 9.68. The molecule has 2 N–H and O–H groups in total. The van der Waals surface area contributed by atoms with Crippen molar-refractivity contribution < 1.29 is 33.4 Å². The Balaban J connectivity index is 1.07. The second-order valence-corrected chi connectivity index (χ2v) is 16.4. The average Bonchev–Trinajstić information content (AvgIpc) is 3.88. The molecule has 53 heavy (non-hydrogen) atoms. The van der Waals surface area contributed by atoms with E-state index in [0.29, 0.717) is 45.1 Å². The standard InChI is InChI=1S/C38H33Cl2N3O8S2/c1-3-49-26-13-18(7-12-25(26)51-16-27(44)41-19-8-11-23(39)24(40)14-19)28-29-21-15-22(32(29)52-34-33(28)53-38(48)42-34)31-30(21)35(45)43(36(31)46)20-9-5-17(6-10-20)37(47)50-4-2/h5-14,21-22,28-32H,3-4,15-16H2,1-2H3,(H,41,44)(H,42,48)/t21?,22?,28-,29?,30?,31?,32?/m1/s1. The molecule has 8 rings (SSSR count). The zero-order chi connectivity index (χ0) is 37.1. The molecule has 0 radical (unpaired) electrons. The van der Waals surface area contributed by atoms with Crippen molar-refractivity contribution in [3.8, 4) is 11.5 Å². The molecule has 2 bridgehead atoms. The highest BCUT2D eigenvalue weighted by molar-refractivity contribution is 8.00. The predicted octanol–water partition coefficient (Wildman–Crippen LogP) is 7.01. The van der Waals surface area contributed by atoms with Gasteiger partial charge in [0.2, 0.25) is 11.8 Å². The number of thiazole rings is 1. The Morgan fingerprint density at radius 2 is 1.64 bits per heavy atom. The van der Waals surface area contributed by atoms with Crippen LogP contribution in [0.25, 0.3) is 0 Å². The van der Waals surface area contributed by atoms with Gasteiger partial charge in [0.25, 0.3) is 5.91 Å². The first kappa shape index (κ1) is 35.7. The van der Waals surface area contributed by atoms with Crippen molar-refractivity contribution in [2.24, 2.45) is 29.6 Å². The number of anilines is 2. The monoisotopic (exact) mass is 793 g/mol. The molecule has 6 unspecified atom stereocenters. The Labute approximate surface area is 322 Å². The van der Waals surface area contributed by atoms with Crippen LogP contribution in [0.15, 0.2) is 70.5 Å². The summed E-state index contributed by atoms with van der Waals surface area (Å²) in [4.78, 5) is 71.1. The van der Waals surface area contributed by atoms with Crippen molar-refractivity contribution >= 4 is 81.4 Å². The number of halogens is 2. The van der Waals surface area contributed by atoms with Crippen LogP contribution in [0.5, 0.6) is 11.5 Å². The molecule has 1 saturated heterocycles. The molecular weight excluding hydrogens is 761 g/mol. The maximum atomic E-state index is 14.2. The van der Waals surface area contributed by atoms with Crippen molar-refractivity contribution in [1.82, 2.24) is 4.98 Å². The van der Waals surface area contributed by atoms with Crippen LogP contribution in [0.4, 0.5) is 11.4 Å². The van der Waals surface area contributed by atoms with Crippen molar-refractivity contribution in [2.75, 3.05) is 30.0 Å². The van der Waals surface area contributed by atoms with Crippen LogP contribution in [0.1, 0.15) is 47.0 Å². The van der Waals surface area contributed by atoms with Crippen LogP contribution in [0.3, 0.4) is 0 Å². The van der Waals surface area contributed by atoms with Gasteiger partial charge < -0.3 is 24.5 Å². The summed E-state index contributed by atoms with van der Waals surface area (Å²) in [5, 5.41) is 4.21. The molecule has 4 aromatic rings. The Morgan fingerprint density at radius 1 is 0.887 bits per heavy atom. The SMILES string of the molecule is CCOC(=O)c1ccc(N2C(=O)C3C4CC(C3C2=O)C2C4Sc3[nH]c(=O)sc3[C@@H]2c2ccc(OCC(=O)Nc3ccc(Cl)c(Cl)c3)c(OCC)c2)cc1. The molecule has 15 heteroatoms. The highest BCUT2D eigenvalue weighted by Crippen LogP contribution is 2.68. The lowest BCUT2D eigenvalue weighted by molar-refractivity contribution is -0.123. The number of fused-ring (bicyclic) bond motifs is 9. The number of aromatic amines is 1. The first-order valence-electron chi connectivity index (χ1n) is 17.3. The molecule has 3 heterocycles. The largest absolute Gasteiger partial charge is 0.490 e. The smallest absolute Gasteiger partial charge is 0.338 e. The van der Waals surface area contributed by atoms with Gasteiger partial charge in [0, 0.05) is 21.7 Å². The third-order valence-electron chi connectivity index (χ3n) is 10.5. The van der Waals surface area contributed by atoms with Gasteiger partial charge in [-0.25, -0.2) is 4.79 Å². The Hall–Kier alpha value is -4.30. The molecule has 3 aromatic carbocycles. The van der Waals surface area contributed by atoms with Gasteiger partial charge in [0.15, 0.2) is 18.1 Å². The van der Waals surface area contributed by atoms with E-state index in [1.54, 1.807) is 67.2 Å². The van der Waals surface area contributed by atoms with Crippen molar-refractivity contribution in [2.45, 2.75) is 36.5 Å². The summed E-state index contributed by atoms with van der Waals surface area (Å²) in [6.45, 7) is 3.87. The number of amides is 3. The number of H-pyrrole nitrogens is 1. The molecule has 7 atom stereocenters. The van der Waals surface area contributed by atoms with E-state index in [2.05, 4.69) is 10.3 Å².